The molecular formula is C13H13N3. The molecule has 80 valence electrons. The summed E-state index contributed by atoms with van der Waals surface area (Å²) >= 11 is 0. The minimum atomic E-state index is 0.850. The molecule has 0 aliphatic rings. The predicted octanol–water partition coefficient (Wildman–Crippen LogP) is 2.84. The van der Waals surface area contributed by atoms with Gasteiger partial charge in [0.2, 0.25) is 0 Å². The highest BCUT2D eigenvalue weighted by Gasteiger charge is 1.89. The second-order valence-corrected chi connectivity index (χ2v) is 3.44. The molecule has 1 N–H and O–H groups in total. The van der Waals surface area contributed by atoms with Crippen LogP contribution in [0.25, 0.3) is 0 Å². The fourth-order valence-electron chi connectivity index (χ4n) is 1.32. The molecule has 1 aromatic carbocycles. The van der Waals surface area contributed by atoms with Gasteiger partial charge in [0.1, 0.15) is 0 Å². The highest BCUT2D eigenvalue weighted by molar-refractivity contribution is 5.77. The standard InChI is InChI=1S/C13H13N3/c1-11-6-5-9-13(15-11)10-14-16-12-7-3-2-4-8-12/h2-10,16H,1H3/b14-10+. The molecule has 0 saturated carbocycles. The number of nitrogens with one attached hydrogen (secondary N) is 1. The molecule has 0 unspecified atom stereocenters. The van der Waals surface area contributed by atoms with Gasteiger partial charge in [-0.1, -0.05) is 24.3 Å². The fourth-order valence-corrected chi connectivity index (χ4v) is 1.32. The van der Waals surface area contributed by atoms with E-state index >= 15 is 0 Å². The van der Waals surface area contributed by atoms with Crippen molar-refractivity contribution in [1.29, 1.82) is 0 Å². The summed E-state index contributed by atoms with van der Waals surface area (Å²) in [6.07, 6.45) is 1.71. The zero-order chi connectivity index (χ0) is 11.2. The first-order valence-corrected chi connectivity index (χ1v) is 5.12. The van der Waals surface area contributed by atoms with E-state index in [4.69, 9.17) is 0 Å². The van der Waals surface area contributed by atoms with Gasteiger partial charge in [0.05, 0.1) is 17.6 Å². The maximum Gasteiger partial charge on any atom is 0.0833 e. The van der Waals surface area contributed by atoms with Crippen molar-refractivity contribution in [3.8, 4) is 0 Å². The highest BCUT2D eigenvalue weighted by atomic mass is 15.3. The Hall–Kier alpha value is -2.16. The molecule has 2 aromatic rings. The van der Waals surface area contributed by atoms with Crippen molar-refractivity contribution < 1.29 is 0 Å². The van der Waals surface area contributed by atoms with E-state index in [2.05, 4.69) is 15.5 Å². The average Bonchev–Trinajstić information content (AvgIpc) is 2.30. The van der Waals surface area contributed by atoms with Crippen LogP contribution in [0.1, 0.15) is 11.4 Å². The van der Waals surface area contributed by atoms with E-state index in [0.29, 0.717) is 0 Å². The fraction of sp³-hybridized carbons (Fsp3) is 0.0769. The maximum absolute atomic E-state index is 4.32. The van der Waals surface area contributed by atoms with Gasteiger partial charge in [-0.25, -0.2) is 0 Å². The lowest BCUT2D eigenvalue weighted by atomic mass is 10.3. The van der Waals surface area contributed by atoms with E-state index in [0.717, 1.165) is 17.1 Å². The van der Waals surface area contributed by atoms with Gasteiger partial charge in [0, 0.05) is 5.69 Å². The first-order chi connectivity index (χ1) is 7.84. The van der Waals surface area contributed by atoms with Gasteiger partial charge in [0.15, 0.2) is 0 Å². The number of hydrogen-bond donors (Lipinski definition) is 1. The third-order valence-electron chi connectivity index (χ3n) is 2.07. The van der Waals surface area contributed by atoms with Crippen LogP contribution in [-0.2, 0) is 0 Å². The van der Waals surface area contributed by atoms with Gasteiger partial charge in [-0.15, -0.1) is 0 Å². The summed E-state index contributed by atoms with van der Waals surface area (Å²) in [5.74, 6) is 0. The quantitative estimate of drug-likeness (QED) is 0.626. The molecule has 1 aromatic heterocycles. The topological polar surface area (TPSA) is 37.3 Å². The molecule has 0 bridgehead atoms. The molecule has 0 aliphatic heterocycles. The van der Waals surface area contributed by atoms with Crippen molar-refractivity contribution in [2.75, 3.05) is 5.43 Å². The van der Waals surface area contributed by atoms with Crippen molar-refractivity contribution >= 4 is 11.9 Å². The molecule has 0 spiro atoms. The number of aryl methyl sites for hydroxylation is 1. The van der Waals surface area contributed by atoms with Crippen molar-refractivity contribution in [2.45, 2.75) is 6.92 Å². The summed E-state index contributed by atoms with van der Waals surface area (Å²) in [7, 11) is 0. The summed E-state index contributed by atoms with van der Waals surface area (Å²) in [6.45, 7) is 1.96. The number of anilines is 1. The molecule has 3 nitrogen and oxygen atoms in total. The van der Waals surface area contributed by atoms with Crippen molar-refractivity contribution in [3.63, 3.8) is 0 Å². The van der Waals surface area contributed by atoms with Crippen LogP contribution < -0.4 is 5.43 Å². The van der Waals surface area contributed by atoms with Crippen LogP contribution in [0.3, 0.4) is 0 Å². The minimum absolute atomic E-state index is 0.850. The summed E-state index contributed by atoms with van der Waals surface area (Å²) in [6, 6.07) is 15.7. The number of benzene rings is 1. The Morgan fingerprint density at radius 3 is 2.62 bits per heavy atom. The third kappa shape index (κ3) is 2.92. The Kier molecular flexibility index (Phi) is 3.28. The number of pyridine rings is 1. The number of nitrogens with zero attached hydrogens (tertiary/aromatic N) is 2. The highest BCUT2D eigenvalue weighted by Crippen LogP contribution is 2.04. The maximum atomic E-state index is 4.32. The molecule has 3 heteroatoms. The summed E-state index contributed by atoms with van der Waals surface area (Å²) in [4.78, 5) is 4.32. The first-order valence-electron chi connectivity index (χ1n) is 5.12. The van der Waals surface area contributed by atoms with E-state index < -0.39 is 0 Å². The first kappa shape index (κ1) is 10.4. The van der Waals surface area contributed by atoms with E-state index in [1.54, 1.807) is 6.21 Å². The van der Waals surface area contributed by atoms with Crippen LogP contribution >= 0.6 is 0 Å². The molecule has 1 heterocycles. The largest absolute Gasteiger partial charge is 0.278 e. The molecule has 0 radical (unpaired) electrons. The molecule has 0 saturated heterocycles. The Balaban J connectivity index is 2.00. The summed E-state index contributed by atoms with van der Waals surface area (Å²) in [5, 5.41) is 4.12. The van der Waals surface area contributed by atoms with Crippen LogP contribution in [0.2, 0.25) is 0 Å². The van der Waals surface area contributed by atoms with Gasteiger partial charge >= 0.3 is 0 Å². The third-order valence-corrected chi connectivity index (χ3v) is 2.07. The van der Waals surface area contributed by atoms with Crippen LogP contribution in [0.4, 0.5) is 5.69 Å². The van der Waals surface area contributed by atoms with Crippen molar-refractivity contribution in [2.24, 2.45) is 5.10 Å². The molecule has 0 aliphatic carbocycles. The molecule has 0 fully saturated rings. The molecule has 2 rings (SSSR count). The Bertz CT molecular complexity index is 478. The van der Waals surface area contributed by atoms with Crippen LogP contribution in [0.5, 0.6) is 0 Å². The summed E-state index contributed by atoms with van der Waals surface area (Å²) in [5.41, 5.74) is 5.75. The van der Waals surface area contributed by atoms with Gasteiger partial charge in [-0.2, -0.15) is 5.10 Å². The number of aromatic nitrogens is 1. The Morgan fingerprint density at radius 2 is 1.88 bits per heavy atom. The second kappa shape index (κ2) is 5.07. The lowest BCUT2D eigenvalue weighted by Gasteiger charge is -1.98. The summed E-state index contributed by atoms with van der Waals surface area (Å²) < 4.78 is 0. The number of rotatable bonds is 3. The molecule has 0 atom stereocenters. The van der Waals surface area contributed by atoms with Crippen LogP contribution in [0, 0.1) is 6.92 Å². The predicted molar refractivity (Wildman–Crippen MR) is 66.6 cm³/mol. The number of hydrogen-bond acceptors (Lipinski definition) is 3. The number of para-hydroxylation sites is 1. The second-order valence-electron chi connectivity index (χ2n) is 3.44. The smallest absolute Gasteiger partial charge is 0.0833 e. The van der Waals surface area contributed by atoms with Gasteiger partial charge in [-0.05, 0) is 31.2 Å². The average molecular weight is 211 g/mol. The van der Waals surface area contributed by atoms with E-state index in [9.17, 15) is 0 Å². The zero-order valence-corrected chi connectivity index (χ0v) is 9.09. The van der Waals surface area contributed by atoms with Gasteiger partial charge in [-0.3, -0.25) is 10.4 Å². The van der Waals surface area contributed by atoms with E-state index in [-0.39, 0.29) is 0 Å². The number of hydrazone groups is 1. The lowest BCUT2D eigenvalue weighted by Crippen LogP contribution is -1.93. The van der Waals surface area contributed by atoms with E-state index in [1.807, 2.05) is 55.5 Å². The molecule has 0 amide bonds. The van der Waals surface area contributed by atoms with Gasteiger partial charge < -0.3 is 0 Å². The zero-order valence-electron chi connectivity index (χ0n) is 9.09. The monoisotopic (exact) mass is 211 g/mol. The molecule has 16 heavy (non-hydrogen) atoms. The Labute approximate surface area is 94.9 Å². The van der Waals surface area contributed by atoms with Gasteiger partial charge in [0.25, 0.3) is 0 Å². The van der Waals surface area contributed by atoms with Crippen LogP contribution in [-0.4, -0.2) is 11.2 Å². The van der Waals surface area contributed by atoms with Crippen molar-refractivity contribution in [1.82, 2.24) is 4.98 Å². The van der Waals surface area contributed by atoms with Crippen molar-refractivity contribution in [3.05, 3.63) is 59.9 Å². The minimum Gasteiger partial charge on any atom is -0.278 e. The molecular weight excluding hydrogens is 198 g/mol. The van der Waals surface area contributed by atoms with Crippen LogP contribution in [0.15, 0.2) is 53.6 Å². The Morgan fingerprint density at radius 1 is 1.06 bits per heavy atom. The lowest BCUT2D eigenvalue weighted by molar-refractivity contribution is 1.18. The van der Waals surface area contributed by atoms with E-state index in [1.165, 1.54) is 0 Å². The normalized spacial score (nSPS) is 10.6. The SMILES string of the molecule is Cc1cccc(/C=N/Nc2ccccc2)n1.